The van der Waals surface area contributed by atoms with Gasteiger partial charge in [0.15, 0.2) is 0 Å². The van der Waals surface area contributed by atoms with Crippen LogP contribution in [-0.4, -0.2) is 15.5 Å². The number of aryl methyl sites for hydroxylation is 1. The van der Waals surface area contributed by atoms with Crippen LogP contribution < -0.4 is 5.32 Å². The fourth-order valence-electron chi connectivity index (χ4n) is 1.35. The molecule has 0 radical (unpaired) electrons. The van der Waals surface area contributed by atoms with Crippen molar-refractivity contribution in [1.29, 1.82) is 0 Å². The number of halogens is 1. The summed E-state index contributed by atoms with van der Waals surface area (Å²) in [4.78, 5) is 12.6. The van der Waals surface area contributed by atoms with Crippen LogP contribution in [0.25, 0.3) is 0 Å². The second-order valence-electron chi connectivity index (χ2n) is 3.34. The summed E-state index contributed by atoms with van der Waals surface area (Å²) >= 11 is 3.32. The van der Waals surface area contributed by atoms with Crippen molar-refractivity contribution >= 4 is 45.7 Å². The average Bonchev–Trinajstić information content (AvgIpc) is 2.80. The third-order valence-corrected chi connectivity index (χ3v) is 3.93. The Kier molecular flexibility index (Phi) is 4.06. The zero-order valence-corrected chi connectivity index (χ0v) is 12.1. The number of benzene rings is 1. The van der Waals surface area contributed by atoms with Crippen molar-refractivity contribution < 1.29 is 4.79 Å². The van der Waals surface area contributed by atoms with Crippen molar-refractivity contribution in [2.24, 2.45) is 0 Å². The molecule has 4 nitrogen and oxygen atoms in total. The minimum atomic E-state index is -0.138. The molecule has 6 heteroatoms. The van der Waals surface area contributed by atoms with Gasteiger partial charge in [-0.05, 0) is 52.7 Å². The highest BCUT2D eigenvalue weighted by Crippen LogP contribution is 2.19. The van der Waals surface area contributed by atoms with Crippen molar-refractivity contribution in [2.45, 2.75) is 13.3 Å². The summed E-state index contributed by atoms with van der Waals surface area (Å²) in [6, 6.07) is 7.65. The van der Waals surface area contributed by atoms with Crippen LogP contribution in [0.15, 0.2) is 24.3 Å². The first-order valence-corrected chi connectivity index (χ1v) is 6.94. The van der Waals surface area contributed by atoms with Gasteiger partial charge in [0.1, 0.15) is 4.88 Å². The number of hydrogen-bond acceptors (Lipinski definition) is 4. The quantitative estimate of drug-likeness (QED) is 0.858. The lowest BCUT2D eigenvalue weighted by atomic mass is 10.2. The lowest BCUT2D eigenvalue weighted by Crippen LogP contribution is -2.13. The second kappa shape index (κ2) is 5.54. The molecule has 0 fully saturated rings. The predicted molar refractivity (Wildman–Crippen MR) is 76.4 cm³/mol. The van der Waals surface area contributed by atoms with E-state index in [2.05, 4.69) is 37.5 Å². The Morgan fingerprint density at radius 1 is 1.47 bits per heavy atom. The molecule has 0 saturated heterocycles. The summed E-state index contributed by atoms with van der Waals surface area (Å²) in [6.45, 7) is 1.96. The Morgan fingerprint density at radius 2 is 2.24 bits per heavy atom. The van der Waals surface area contributed by atoms with Crippen molar-refractivity contribution in [3.8, 4) is 0 Å². The smallest absolute Gasteiger partial charge is 0.269 e. The molecular weight excluding hydrogens is 349 g/mol. The first-order valence-electron chi connectivity index (χ1n) is 5.09. The van der Waals surface area contributed by atoms with Gasteiger partial charge in [0.25, 0.3) is 5.91 Å². The van der Waals surface area contributed by atoms with Gasteiger partial charge in [-0.25, -0.2) is 0 Å². The van der Waals surface area contributed by atoms with Gasteiger partial charge in [-0.15, -0.1) is 5.10 Å². The van der Waals surface area contributed by atoms with Crippen LogP contribution in [0.3, 0.4) is 0 Å². The van der Waals surface area contributed by atoms with Gasteiger partial charge >= 0.3 is 0 Å². The van der Waals surface area contributed by atoms with Crippen LogP contribution >= 0.6 is 34.1 Å². The van der Waals surface area contributed by atoms with Gasteiger partial charge in [0.2, 0.25) is 0 Å². The molecule has 0 atom stereocenters. The molecule has 2 aromatic rings. The lowest BCUT2D eigenvalue weighted by molar-refractivity contribution is 0.102. The number of para-hydroxylation sites is 1. The maximum atomic E-state index is 12.0. The van der Waals surface area contributed by atoms with E-state index >= 15 is 0 Å². The van der Waals surface area contributed by atoms with Crippen LogP contribution in [0.4, 0.5) is 5.69 Å². The largest absolute Gasteiger partial charge is 0.320 e. The van der Waals surface area contributed by atoms with Gasteiger partial charge in [0, 0.05) is 3.57 Å². The summed E-state index contributed by atoms with van der Waals surface area (Å²) in [5.41, 5.74) is 1.56. The Morgan fingerprint density at radius 3 is 2.94 bits per heavy atom. The molecular formula is C11H10IN3OS. The highest BCUT2D eigenvalue weighted by molar-refractivity contribution is 14.1. The van der Waals surface area contributed by atoms with E-state index in [4.69, 9.17) is 0 Å². The van der Waals surface area contributed by atoms with Crippen LogP contribution in [0.5, 0.6) is 0 Å². The number of anilines is 1. The van der Waals surface area contributed by atoms with E-state index in [1.54, 1.807) is 0 Å². The Labute approximate surface area is 117 Å². The number of nitrogens with zero attached hydrogens (tertiary/aromatic N) is 2. The summed E-state index contributed by atoms with van der Waals surface area (Å²) in [7, 11) is 0. The topological polar surface area (TPSA) is 54.9 Å². The summed E-state index contributed by atoms with van der Waals surface area (Å²) in [6.07, 6.45) is 0.713. The molecule has 1 heterocycles. The lowest BCUT2D eigenvalue weighted by Gasteiger charge is -2.05. The van der Waals surface area contributed by atoms with E-state index in [9.17, 15) is 4.79 Å². The van der Waals surface area contributed by atoms with Crippen LogP contribution in [-0.2, 0) is 6.42 Å². The molecule has 0 spiro atoms. The van der Waals surface area contributed by atoms with Gasteiger partial charge in [0.05, 0.1) is 11.4 Å². The fraction of sp³-hybridized carbons (Fsp3) is 0.182. The van der Waals surface area contributed by atoms with E-state index < -0.39 is 0 Å². The molecule has 0 saturated carbocycles. The fourth-order valence-corrected chi connectivity index (χ4v) is 2.52. The number of hydrogen-bond donors (Lipinski definition) is 1. The molecule has 88 valence electrons. The maximum absolute atomic E-state index is 12.0. The third kappa shape index (κ3) is 2.81. The molecule has 0 bridgehead atoms. The number of aromatic nitrogens is 2. The second-order valence-corrected chi connectivity index (χ2v) is 5.25. The van der Waals surface area contributed by atoms with Gasteiger partial charge < -0.3 is 5.32 Å². The zero-order chi connectivity index (χ0) is 12.3. The van der Waals surface area contributed by atoms with E-state index in [1.165, 1.54) is 0 Å². The molecule has 1 N–H and O–H groups in total. The van der Waals surface area contributed by atoms with Crippen LogP contribution in [0.2, 0.25) is 0 Å². The molecule has 2 rings (SSSR count). The summed E-state index contributed by atoms with van der Waals surface area (Å²) in [5, 5.41) is 6.80. The van der Waals surface area contributed by atoms with Crippen molar-refractivity contribution in [1.82, 2.24) is 9.59 Å². The van der Waals surface area contributed by atoms with E-state index in [1.807, 2.05) is 31.2 Å². The van der Waals surface area contributed by atoms with Crippen molar-refractivity contribution in [2.75, 3.05) is 5.32 Å². The van der Waals surface area contributed by atoms with E-state index in [0.29, 0.717) is 11.3 Å². The third-order valence-electron chi connectivity index (χ3n) is 2.22. The number of nitrogens with one attached hydrogen (secondary N) is 1. The van der Waals surface area contributed by atoms with Crippen LogP contribution in [0, 0.1) is 3.57 Å². The van der Waals surface area contributed by atoms with Crippen molar-refractivity contribution in [3.63, 3.8) is 0 Å². The molecule has 1 aromatic carbocycles. The number of carbonyl (C=O) groups is 1. The van der Waals surface area contributed by atoms with E-state index in [-0.39, 0.29) is 5.91 Å². The Bertz CT molecular complexity index is 541. The Balaban J connectivity index is 2.20. The molecule has 0 aliphatic carbocycles. The molecule has 0 aliphatic heterocycles. The van der Waals surface area contributed by atoms with Gasteiger partial charge in [-0.1, -0.05) is 23.5 Å². The van der Waals surface area contributed by atoms with Gasteiger partial charge in [-0.2, -0.15) is 0 Å². The number of amides is 1. The summed E-state index contributed by atoms with van der Waals surface area (Å²) in [5.74, 6) is -0.138. The highest BCUT2D eigenvalue weighted by Gasteiger charge is 2.15. The standard InChI is InChI=1S/C11H10IN3OS/c1-2-8-10(17-15-14-8)11(16)13-9-6-4-3-5-7(9)12/h3-6H,2H2,1H3,(H,13,16). The molecule has 1 amide bonds. The zero-order valence-electron chi connectivity index (χ0n) is 9.11. The average molecular weight is 359 g/mol. The molecule has 1 aromatic heterocycles. The minimum Gasteiger partial charge on any atom is -0.320 e. The summed E-state index contributed by atoms with van der Waals surface area (Å²) < 4.78 is 4.82. The molecule has 0 aliphatic rings. The van der Waals surface area contributed by atoms with E-state index in [0.717, 1.165) is 26.5 Å². The molecule has 17 heavy (non-hydrogen) atoms. The molecule has 0 unspecified atom stereocenters. The number of carbonyl (C=O) groups excluding carboxylic acids is 1. The SMILES string of the molecule is CCc1nnsc1C(=O)Nc1ccccc1I. The maximum Gasteiger partial charge on any atom is 0.269 e. The predicted octanol–water partition coefficient (Wildman–Crippen LogP) is 2.96. The monoisotopic (exact) mass is 359 g/mol. The first-order chi connectivity index (χ1) is 8.22. The number of rotatable bonds is 3. The van der Waals surface area contributed by atoms with Crippen molar-refractivity contribution in [3.05, 3.63) is 38.4 Å². The van der Waals surface area contributed by atoms with Crippen LogP contribution in [0.1, 0.15) is 22.3 Å². The normalized spacial score (nSPS) is 10.2. The minimum absolute atomic E-state index is 0.138. The Hall–Kier alpha value is -1.02. The van der Waals surface area contributed by atoms with Gasteiger partial charge in [-0.3, -0.25) is 4.79 Å². The highest BCUT2D eigenvalue weighted by atomic mass is 127. The first kappa shape index (κ1) is 12.4.